The Bertz CT molecular complexity index is 490. The van der Waals surface area contributed by atoms with Crippen LogP contribution in [0.3, 0.4) is 0 Å². The van der Waals surface area contributed by atoms with Crippen molar-refractivity contribution in [2.45, 2.75) is 45.1 Å². The van der Waals surface area contributed by atoms with E-state index in [4.69, 9.17) is 0 Å². The Balaban J connectivity index is 2.10. The first-order chi connectivity index (χ1) is 8.83. The molecule has 1 aromatic carbocycles. The Kier molecular flexibility index (Phi) is 4.71. The van der Waals surface area contributed by atoms with Gasteiger partial charge in [-0.3, -0.25) is 4.98 Å². The van der Waals surface area contributed by atoms with Gasteiger partial charge < -0.3 is 5.11 Å². The van der Waals surface area contributed by atoms with Crippen LogP contribution in [0.4, 0.5) is 0 Å². The maximum atomic E-state index is 10.3. The van der Waals surface area contributed by atoms with E-state index in [-0.39, 0.29) is 6.10 Å². The molecule has 2 nitrogen and oxygen atoms in total. The Morgan fingerprint density at radius 2 is 1.94 bits per heavy atom. The van der Waals surface area contributed by atoms with E-state index in [1.807, 2.05) is 30.3 Å². The van der Waals surface area contributed by atoms with Crippen molar-refractivity contribution < 1.29 is 5.11 Å². The number of nitrogens with zero attached hydrogens (tertiary/aromatic N) is 1. The van der Waals surface area contributed by atoms with Crippen molar-refractivity contribution in [3.8, 4) is 0 Å². The average Bonchev–Trinajstić information content (AvgIpc) is 2.43. The molecule has 0 aliphatic heterocycles. The number of fused-ring (bicyclic) bond motifs is 1. The normalized spacial score (nSPS) is 12.8. The van der Waals surface area contributed by atoms with Crippen LogP contribution in [0, 0.1) is 0 Å². The average molecular weight is 243 g/mol. The summed E-state index contributed by atoms with van der Waals surface area (Å²) in [5, 5.41) is 11.4. The number of benzene rings is 1. The van der Waals surface area contributed by atoms with Gasteiger partial charge in [0.05, 0.1) is 11.6 Å². The van der Waals surface area contributed by atoms with E-state index >= 15 is 0 Å². The van der Waals surface area contributed by atoms with E-state index in [0.29, 0.717) is 0 Å². The summed E-state index contributed by atoms with van der Waals surface area (Å²) in [6.45, 7) is 2.20. The molecule has 0 saturated heterocycles. The molecule has 96 valence electrons. The highest BCUT2D eigenvalue weighted by molar-refractivity contribution is 5.81. The van der Waals surface area contributed by atoms with Gasteiger partial charge >= 0.3 is 0 Å². The predicted octanol–water partition coefficient (Wildman–Crippen LogP) is 4.24. The Morgan fingerprint density at radius 1 is 1.11 bits per heavy atom. The highest BCUT2D eigenvalue weighted by Crippen LogP contribution is 2.26. The van der Waals surface area contributed by atoms with Crippen LogP contribution in [0.2, 0.25) is 0 Å². The second-order valence-corrected chi connectivity index (χ2v) is 4.79. The number of aliphatic hydroxyl groups excluding tert-OH is 1. The summed E-state index contributed by atoms with van der Waals surface area (Å²) in [5.74, 6) is 0. The lowest BCUT2D eigenvalue weighted by Crippen LogP contribution is -1.99. The van der Waals surface area contributed by atoms with Gasteiger partial charge in [0.25, 0.3) is 0 Å². The molecule has 0 aliphatic carbocycles. The molecule has 1 N–H and O–H groups in total. The SMILES string of the molecule is CCCCCCC(O)c1cccc2cccnc12. The minimum absolute atomic E-state index is 0.388. The van der Waals surface area contributed by atoms with Gasteiger partial charge in [0.2, 0.25) is 0 Å². The summed E-state index contributed by atoms with van der Waals surface area (Å²) >= 11 is 0. The third kappa shape index (κ3) is 3.08. The highest BCUT2D eigenvalue weighted by atomic mass is 16.3. The van der Waals surface area contributed by atoms with Crippen LogP contribution < -0.4 is 0 Å². The molecule has 1 atom stereocenters. The molecule has 18 heavy (non-hydrogen) atoms. The largest absolute Gasteiger partial charge is 0.388 e. The zero-order valence-electron chi connectivity index (χ0n) is 11.0. The molecule has 0 aliphatic rings. The molecule has 0 fully saturated rings. The number of aromatic nitrogens is 1. The van der Waals surface area contributed by atoms with Crippen LogP contribution in [0.25, 0.3) is 10.9 Å². The number of rotatable bonds is 6. The smallest absolute Gasteiger partial charge is 0.0811 e. The number of pyridine rings is 1. The lowest BCUT2D eigenvalue weighted by Gasteiger charge is -2.12. The van der Waals surface area contributed by atoms with Crippen LogP contribution in [0.1, 0.15) is 50.7 Å². The lowest BCUT2D eigenvalue weighted by molar-refractivity contribution is 0.164. The van der Waals surface area contributed by atoms with Crippen LogP contribution >= 0.6 is 0 Å². The minimum atomic E-state index is -0.388. The van der Waals surface area contributed by atoms with Gasteiger partial charge in [-0.25, -0.2) is 0 Å². The summed E-state index contributed by atoms with van der Waals surface area (Å²) in [6.07, 6.45) is 6.99. The van der Waals surface area contributed by atoms with Gasteiger partial charge in [0, 0.05) is 17.1 Å². The molecule has 1 unspecified atom stereocenters. The summed E-state index contributed by atoms with van der Waals surface area (Å²) in [5.41, 5.74) is 1.90. The van der Waals surface area contributed by atoms with Crippen molar-refractivity contribution in [1.82, 2.24) is 4.98 Å². The molecule has 2 rings (SSSR count). The summed E-state index contributed by atoms with van der Waals surface area (Å²) in [7, 11) is 0. The van der Waals surface area contributed by atoms with E-state index in [1.54, 1.807) is 6.20 Å². The molecule has 2 aromatic rings. The third-order valence-electron chi connectivity index (χ3n) is 3.35. The van der Waals surface area contributed by atoms with Crippen LogP contribution in [0.5, 0.6) is 0 Å². The molecule has 0 radical (unpaired) electrons. The van der Waals surface area contributed by atoms with Gasteiger partial charge in [-0.15, -0.1) is 0 Å². The summed E-state index contributed by atoms with van der Waals surface area (Å²) in [6, 6.07) is 9.99. The van der Waals surface area contributed by atoms with Crippen molar-refractivity contribution in [2.24, 2.45) is 0 Å². The summed E-state index contributed by atoms with van der Waals surface area (Å²) < 4.78 is 0. The summed E-state index contributed by atoms with van der Waals surface area (Å²) in [4.78, 5) is 4.39. The monoisotopic (exact) mass is 243 g/mol. The van der Waals surface area contributed by atoms with Crippen LogP contribution in [-0.4, -0.2) is 10.1 Å². The molecule has 1 aromatic heterocycles. The Labute approximate surface area is 109 Å². The van der Waals surface area contributed by atoms with Crippen LogP contribution in [-0.2, 0) is 0 Å². The molecule has 2 heteroatoms. The van der Waals surface area contributed by atoms with E-state index < -0.39 is 0 Å². The standard InChI is InChI=1S/C16H21NO/c1-2-3-4-5-11-15(18)14-10-6-8-13-9-7-12-17-16(13)14/h6-10,12,15,18H,2-5,11H2,1H3. The predicted molar refractivity (Wildman–Crippen MR) is 75.5 cm³/mol. The minimum Gasteiger partial charge on any atom is -0.388 e. The molecular weight excluding hydrogens is 222 g/mol. The topological polar surface area (TPSA) is 33.1 Å². The maximum Gasteiger partial charge on any atom is 0.0811 e. The number of hydrogen-bond donors (Lipinski definition) is 1. The van der Waals surface area contributed by atoms with E-state index in [0.717, 1.165) is 29.3 Å². The fraction of sp³-hybridized carbons (Fsp3) is 0.438. The molecule has 1 heterocycles. The van der Waals surface area contributed by atoms with Gasteiger partial charge in [0.15, 0.2) is 0 Å². The van der Waals surface area contributed by atoms with Gasteiger partial charge in [-0.05, 0) is 12.5 Å². The van der Waals surface area contributed by atoms with E-state index in [1.165, 1.54) is 19.3 Å². The molecule has 0 saturated carbocycles. The number of unbranched alkanes of at least 4 members (excludes halogenated alkanes) is 3. The Morgan fingerprint density at radius 3 is 2.78 bits per heavy atom. The van der Waals surface area contributed by atoms with E-state index in [9.17, 15) is 5.11 Å². The zero-order chi connectivity index (χ0) is 12.8. The molecule has 0 bridgehead atoms. The second kappa shape index (κ2) is 6.50. The first-order valence-corrected chi connectivity index (χ1v) is 6.84. The highest BCUT2D eigenvalue weighted by Gasteiger charge is 2.11. The number of hydrogen-bond acceptors (Lipinski definition) is 2. The number of para-hydroxylation sites is 1. The first-order valence-electron chi connectivity index (χ1n) is 6.84. The maximum absolute atomic E-state index is 10.3. The third-order valence-corrected chi connectivity index (χ3v) is 3.35. The first kappa shape index (κ1) is 13.0. The lowest BCUT2D eigenvalue weighted by atomic mass is 10.00. The van der Waals surface area contributed by atoms with Gasteiger partial charge in [-0.1, -0.05) is 56.9 Å². The van der Waals surface area contributed by atoms with Gasteiger partial charge in [0.1, 0.15) is 0 Å². The fourth-order valence-electron chi connectivity index (χ4n) is 2.32. The molecule has 0 amide bonds. The van der Waals surface area contributed by atoms with E-state index in [2.05, 4.69) is 11.9 Å². The van der Waals surface area contributed by atoms with Crippen LogP contribution in [0.15, 0.2) is 36.5 Å². The fourth-order valence-corrected chi connectivity index (χ4v) is 2.32. The van der Waals surface area contributed by atoms with Crippen molar-refractivity contribution in [3.05, 3.63) is 42.1 Å². The van der Waals surface area contributed by atoms with Crippen molar-refractivity contribution in [2.75, 3.05) is 0 Å². The number of aliphatic hydroxyl groups is 1. The Hall–Kier alpha value is -1.41. The second-order valence-electron chi connectivity index (χ2n) is 4.79. The van der Waals surface area contributed by atoms with Crippen molar-refractivity contribution >= 4 is 10.9 Å². The van der Waals surface area contributed by atoms with Crippen molar-refractivity contribution in [1.29, 1.82) is 0 Å². The molecule has 0 spiro atoms. The zero-order valence-corrected chi connectivity index (χ0v) is 11.0. The van der Waals surface area contributed by atoms with Gasteiger partial charge in [-0.2, -0.15) is 0 Å². The quantitative estimate of drug-likeness (QED) is 0.770. The van der Waals surface area contributed by atoms with Crippen molar-refractivity contribution in [3.63, 3.8) is 0 Å². The molecular formula is C16H21NO.